The van der Waals surface area contributed by atoms with Crippen molar-refractivity contribution in [3.8, 4) is 28.5 Å². The largest absolute Gasteiger partial charge is 0.573 e. The molecule has 7 nitrogen and oxygen atoms in total. The third kappa shape index (κ3) is 5.93. The molecule has 0 aliphatic carbocycles. The van der Waals surface area contributed by atoms with Crippen molar-refractivity contribution in [1.29, 1.82) is 0 Å². The second-order valence-electron chi connectivity index (χ2n) is 8.09. The molecule has 0 fully saturated rings. The van der Waals surface area contributed by atoms with Crippen LogP contribution >= 0.6 is 11.3 Å². The van der Waals surface area contributed by atoms with Crippen LogP contribution in [0.15, 0.2) is 88.6 Å². The van der Waals surface area contributed by atoms with E-state index < -0.39 is 18.0 Å². The molecule has 2 aromatic heterocycles. The molecule has 0 radical (unpaired) electrons. The van der Waals surface area contributed by atoms with E-state index in [1.165, 1.54) is 75.6 Å². The number of benzene rings is 3. The highest BCUT2D eigenvalue weighted by molar-refractivity contribution is 7.07. The Morgan fingerprint density at radius 3 is 2.31 bits per heavy atom. The van der Waals surface area contributed by atoms with Crippen molar-refractivity contribution in [3.63, 3.8) is 0 Å². The predicted molar refractivity (Wildman–Crippen MR) is 135 cm³/mol. The summed E-state index contributed by atoms with van der Waals surface area (Å²) in [6.45, 7) is 1.72. The van der Waals surface area contributed by atoms with Crippen molar-refractivity contribution in [3.05, 3.63) is 106 Å². The number of hydrogen-bond acceptors (Lipinski definition) is 6. The molecule has 0 atom stereocenters. The molecular weight excluding hydrogens is 539 g/mol. The van der Waals surface area contributed by atoms with Crippen LogP contribution in [-0.4, -0.2) is 31.9 Å². The van der Waals surface area contributed by atoms with E-state index in [1.807, 2.05) is 0 Å². The van der Waals surface area contributed by atoms with Gasteiger partial charge in [-0.15, -0.1) is 34.7 Å². The van der Waals surface area contributed by atoms with Gasteiger partial charge >= 0.3 is 6.36 Å². The van der Waals surface area contributed by atoms with Crippen LogP contribution in [0, 0.1) is 18.6 Å². The Morgan fingerprint density at radius 2 is 1.64 bits per heavy atom. The summed E-state index contributed by atoms with van der Waals surface area (Å²) in [5.41, 5.74) is 2.30. The van der Waals surface area contributed by atoms with Gasteiger partial charge < -0.3 is 4.74 Å². The molecule has 0 spiro atoms. The minimum atomic E-state index is -4.77. The molecule has 3 aromatic carbocycles. The summed E-state index contributed by atoms with van der Waals surface area (Å²) in [5.74, 6) is -1.35. The first-order chi connectivity index (χ1) is 18.7. The molecule has 0 aliphatic heterocycles. The maximum Gasteiger partial charge on any atom is 0.573 e. The van der Waals surface area contributed by atoms with Crippen LogP contribution in [0.25, 0.3) is 22.8 Å². The lowest BCUT2D eigenvalue weighted by Crippen LogP contribution is -2.17. The van der Waals surface area contributed by atoms with Crippen LogP contribution in [0.4, 0.5) is 22.0 Å². The molecule has 2 heterocycles. The summed E-state index contributed by atoms with van der Waals surface area (Å²) >= 11 is 1.20. The van der Waals surface area contributed by atoms with Gasteiger partial charge in [0.15, 0.2) is 5.82 Å². The molecule has 13 heteroatoms. The molecule has 198 valence electrons. The lowest BCUT2D eigenvalue weighted by molar-refractivity contribution is -0.274. The van der Waals surface area contributed by atoms with Crippen molar-refractivity contribution in [2.24, 2.45) is 10.2 Å². The fraction of sp³-hybridized carbons (Fsp3) is 0.0769. The zero-order valence-corrected chi connectivity index (χ0v) is 20.8. The Balaban J connectivity index is 1.31. The Kier molecular flexibility index (Phi) is 7.07. The van der Waals surface area contributed by atoms with Gasteiger partial charge in [-0.1, -0.05) is 30.3 Å². The maximum atomic E-state index is 14.3. The average Bonchev–Trinajstić information content (AvgIpc) is 3.52. The highest BCUT2D eigenvalue weighted by Gasteiger charge is 2.31. The Bertz CT molecular complexity index is 1680. The first-order valence-corrected chi connectivity index (χ1v) is 12.1. The molecule has 0 bridgehead atoms. The fourth-order valence-corrected chi connectivity index (χ4v) is 4.44. The number of ether oxygens (including phenoxy) is 1. The first-order valence-electron chi connectivity index (χ1n) is 11.2. The average molecular weight is 557 g/mol. The summed E-state index contributed by atoms with van der Waals surface area (Å²) in [4.78, 5) is 4.56. The third-order valence-corrected chi connectivity index (χ3v) is 6.32. The molecule has 5 aromatic rings. The molecule has 0 unspecified atom stereocenters. The van der Waals surface area contributed by atoms with Gasteiger partial charge in [-0.3, -0.25) is 4.57 Å². The molecule has 5 rings (SSSR count). The van der Waals surface area contributed by atoms with Crippen LogP contribution < -0.4 is 9.54 Å². The van der Waals surface area contributed by atoms with E-state index in [9.17, 15) is 22.0 Å². The fourth-order valence-electron chi connectivity index (χ4n) is 3.62. The highest BCUT2D eigenvalue weighted by atomic mass is 32.1. The third-order valence-electron chi connectivity index (χ3n) is 5.39. The number of aromatic nitrogens is 4. The number of halogens is 5. The second-order valence-corrected chi connectivity index (χ2v) is 8.92. The van der Waals surface area contributed by atoms with Crippen molar-refractivity contribution in [2.75, 3.05) is 0 Å². The van der Waals surface area contributed by atoms with Crippen LogP contribution in [-0.2, 0) is 0 Å². The zero-order chi connectivity index (χ0) is 27.6. The smallest absolute Gasteiger partial charge is 0.406 e. The quantitative estimate of drug-likeness (QED) is 0.142. The van der Waals surface area contributed by atoms with Gasteiger partial charge in [-0.25, -0.2) is 18.4 Å². The van der Waals surface area contributed by atoms with Crippen molar-refractivity contribution in [2.45, 2.75) is 13.3 Å². The molecule has 0 aliphatic rings. The number of nitrogens with zero attached hydrogens (tertiary/aromatic N) is 6. The van der Waals surface area contributed by atoms with Crippen molar-refractivity contribution < 1.29 is 26.7 Å². The second kappa shape index (κ2) is 10.6. The molecule has 0 N–H and O–H groups in total. The molecule has 0 saturated carbocycles. The number of alkyl halides is 3. The number of para-hydroxylation sites is 1. The van der Waals surface area contributed by atoms with E-state index in [4.69, 9.17) is 0 Å². The Hall–Kier alpha value is -4.65. The van der Waals surface area contributed by atoms with Gasteiger partial charge in [0.25, 0.3) is 0 Å². The topological polar surface area (TPSA) is 69.6 Å². The number of rotatable bonds is 6. The van der Waals surface area contributed by atoms with Gasteiger partial charge in [-0.2, -0.15) is 5.10 Å². The van der Waals surface area contributed by atoms with Gasteiger partial charge in [0.1, 0.15) is 29.4 Å². The monoisotopic (exact) mass is 556 g/mol. The normalized spacial score (nSPS) is 12.4. The van der Waals surface area contributed by atoms with Gasteiger partial charge in [0, 0.05) is 16.6 Å². The number of thiazole rings is 1. The van der Waals surface area contributed by atoms with Crippen LogP contribution in [0.2, 0.25) is 0 Å². The van der Waals surface area contributed by atoms with E-state index in [2.05, 4.69) is 25.0 Å². The Morgan fingerprint density at radius 1 is 0.949 bits per heavy atom. The maximum absolute atomic E-state index is 14.3. The predicted octanol–water partition coefficient (Wildman–Crippen LogP) is 6.21. The van der Waals surface area contributed by atoms with Crippen molar-refractivity contribution in [1.82, 2.24) is 19.3 Å². The summed E-state index contributed by atoms with van der Waals surface area (Å²) in [6.07, 6.45) is -1.82. The van der Waals surface area contributed by atoms with E-state index >= 15 is 0 Å². The SMILES string of the molecule is Cc1csc(=NN=Cc2ccc(-c3ncn(-c4ccc(OC(F)(F)F)cc4)n3)cc2)n1-c1c(F)cccc1F. The van der Waals surface area contributed by atoms with E-state index in [0.717, 1.165) is 0 Å². The highest BCUT2D eigenvalue weighted by Crippen LogP contribution is 2.24. The van der Waals surface area contributed by atoms with Gasteiger partial charge in [0.2, 0.25) is 4.80 Å². The molecule has 0 amide bonds. The van der Waals surface area contributed by atoms with Crippen molar-refractivity contribution >= 4 is 17.6 Å². The van der Waals surface area contributed by atoms with Gasteiger partial charge in [-0.05, 0) is 48.9 Å². The molecule has 39 heavy (non-hydrogen) atoms. The Labute approximate surface area is 221 Å². The van der Waals surface area contributed by atoms with E-state index in [0.29, 0.717) is 33.1 Å². The number of hydrogen-bond donors (Lipinski definition) is 0. The van der Waals surface area contributed by atoms with Crippen LogP contribution in [0.1, 0.15) is 11.3 Å². The van der Waals surface area contributed by atoms with Crippen LogP contribution in [0.3, 0.4) is 0 Å². The lowest BCUT2D eigenvalue weighted by Gasteiger charge is -2.09. The first kappa shape index (κ1) is 26.0. The molecule has 0 saturated heterocycles. The summed E-state index contributed by atoms with van der Waals surface area (Å²) < 4.78 is 72.4. The summed E-state index contributed by atoms with van der Waals surface area (Å²) in [6, 6.07) is 16.0. The van der Waals surface area contributed by atoms with Crippen LogP contribution in [0.5, 0.6) is 5.75 Å². The minimum absolute atomic E-state index is 0.216. The van der Waals surface area contributed by atoms with E-state index in [1.54, 1.807) is 36.6 Å². The number of aryl methyl sites for hydroxylation is 1. The van der Waals surface area contributed by atoms with E-state index in [-0.39, 0.29) is 11.4 Å². The zero-order valence-electron chi connectivity index (χ0n) is 20.0. The standard InChI is InChI=1S/C26H17F5N6OS/c1-16-14-39-25(37(16)23-21(27)3-2-4-22(23)28)34-33-13-17-5-7-18(8-6-17)24-32-15-36(35-24)19-9-11-20(12-10-19)38-26(29,30)31/h2-15H,1H3. The minimum Gasteiger partial charge on any atom is -0.406 e. The van der Waals surface area contributed by atoms with Gasteiger partial charge in [0.05, 0.1) is 11.9 Å². The summed E-state index contributed by atoms with van der Waals surface area (Å²) in [5, 5.41) is 14.3. The summed E-state index contributed by atoms with van der Waals surface area (Å²) in [7, 11) is 0. The molecular formula is C26H17F5N6OS. The lowest BCUT2D eigenvalue weighted by atomic mass is 10.1.